The fraction of sp³-hybridized carbons (Fsp3) is 0.533. The van der Waals surface area contributed by atoms with Crippen molar-refractivity contribution >= 4 is 22.4 Å². The molecule has 2 aliphatic heterocycles. The molecule has 0 N–H and O–H groups in total. The number of amides is 1. The predicted octanol–water partition coefficient (Wildman–Crippen LogP) is 1.39. The van der Waals surface area contributed by atoms with Gasteiger partial charge in [0.15, 0.2) is 0 Å². The van der Waals surface area contributed by atoms with Crippen LogP contribution in [0.3, 0.4) is 0 Å². The number of hydrogen-bond donors (Lipinski definition) is 0. The number of hydrogen-bond acceptors (Lipinski definition) is 3. The summed E-state index contributed by atoms with van der Waals surface area (Å²) in [6.07, 6.45) is 1.74. The van der Waals surface area contributed by atoms with Gasteiger partial charge in [0.2, 0.25) is 5.91 Å². The van der Waals surface area contributed by atoms with Gasteiger partial charge >= 0.3 is 0 Å². The first kappa shape index (κ1) is 14.7. The third-order valence-corrected chi connectivity index (χ3v) is 5.46. The SMILES string of the molecule is O=C1[C@H](N2CCS(=O)CC2)CCCN1c1cccc(F)c1. The van der Waals surface area contributed by atoms with Crippen LogP contribution in [0, 0.1) is 5.82 Å². The molecule has 0 aliphatic carbocycles. The Bertz CT molecular complexity index is 556. The number of rotatable bonds is 2. The van der Waals surface area contributed by atoms with Crippen LogP contribution < -0.4 is 4.90 Å². The number of halogens is 1. The molecular formula is C15H19FN2O2S. The Morgan fingerprint density at radius 1 is 1.19 bits per heavy atom. The molecule has 0 aromatic heterocycles. The maximum atomic E-state index is 13.4. The van der Waals surface area contributed by atoms with E-state index in [4.69, 9.17) is 0 Å². The molecule has 2 saturated heterocycles. The second-order valence-corrected chi connectivity index (χ2v) is 7.21. The Hall–Kier alpha value is -1.27. The molecule has 6 heteroatoms. The summed E-state index contributed by atoms with van der Waals surface area (Å²) in [5, 5.41) is 0. The highest BCUT2D eigenvalue weighted by molar-refractivity contribution is 7.85. The van der Waals surface area contributed by atoms with Gasteiger partial charge in [0, 0.05) is 47.6 Å². The zero-order chi connectivity index (χ0) is 14.8. The van der Waals surface area contributed by atoms with Gasteiger partial charge in [-0.2, -0.15) is 0 Å². The molecule has 0 spiro atoms. The summed E-state index contributed by atoms with van der Waals surface area (Å²) < 4.78 is 24.8. The van der Waals surface area contributed by atoms with E-state index in [-0.39, 0.29) is 17.8 Å². The molecule has 1 atom stereocenters. The van der Waals surface area contributed by atoms with E-state index >= 15 is 0 Å². The molecule has 114 valence electrons. The minimum atomic E-state index is -0.741. The van der Waals surface area contributed by atoms with Crippen LogP contribution in [0.1, 0.15) is 12.8 Å². The molecule has 2 heterocycles. The standard InChI is InChI=1S/C15H19FN2O2S/c16-12-3-1-4-13(11-12)18-6-2-5-14(15(18)19)17-7-9-21(20)10-8-17/h1,3-4,11,14H,2,5-10H2/t14-/m1/s1. The number of carbonyl (C=O) groups excluding carboxylic acids is 1. The van der Waals surface area contributed by atoms with Crippen LogP contribution >= 0.6 is 0 Å². The van der Waals surface area contributed by atoms with Crippen molar-refractivity contribution in [3.8, 4) is 0 Å². The van der Waals surface area contributed by atoms with Crippen LogP contribution in [-0.4, -0.2) is 52.2 Å². The van der Waals surface area contributed by atoms with E-state index in [1.807, 2.05) is 0 Å². The normalized spacial score (nSPS) is 25.3. The second-order valence-electron chi connectivity index (χ2n) is 5.51. The molecule has 3 rings (SSSR count). The van der Waals surface area contributed by atoms with Crippen LogP contribution in [0.4, 0.5) is 10.1 Å². The van der Waals surface area contributed by atoms with Crippen molar-refractivity contribution in [3.63, 3.8) is 0 Å². The Labute approximate surface area is 126 Å². The van der Waals surface area contributed by atoms with Crippen molar-refractivity contribution in [2.45, 2.75) is 18.9 Å². The van der Waals surface area contributed by atoms with Crippen molar-refractivity contribution in [2.24, 2.45) is 0 Å². The Balaban J connectivity index is 1.76. The van der Waals surface area contributed by atoms with Crippen LogP contribution in [0.5, 0.6) is 0 Å². The second kappa shape index (κ2) is 6.23. The minimum absolute atomic E-state index is 0.0412. The number of carbonyl (C=O) groups is 1. The first-order chi connectivity index (χ1) is 10.1. The third-order valence-electron chi connectivity index (χ3n) is 4.18. The van der Waals surface area contributed by atoms with Gasteiger partial charge in [-0.25, -0.2) is 4.39 Å². The lowest BCUT2D eigenvalue weighted by molar-refractivity contribution is -0.125. The van der Waals surface area contributed by atoms with Gasteiger partial charge in [-0.1, -0.05) is 6.07 Å². The third kappa shape index (κ3) is 3.16. The quantitative estimate of drug-likeness (QED) is 0.829. The van der Waals surface area contributed by atoms with Crippen molar-refractivity contribution in [1.29, 1.82) is 0 Å². The molecule has 2 aliphatic rings. The molecule has 21 heavy (non-hydrogen) atoms. The van der Waals surface area contributed by atoms with Gasteiger partial charge < -0.3 is 4.90 Å². The van der Waals surface area contributed by atoms with Gasteiger partial charge in [0.05, 0.1) is 6.04 Å². The van der Waals surface area contributed by atoms with E-state index in [0.717, 1.165) is 12.8 Å². The molecule has 0 unspecified atom stereocenters. The average Bonchev–Trinajstić information content (AvgIpc) is 2.48. The molecule has 1 aromatic carbocycles. The molecule has 2 fully saturated rings. The lowest BCUT2D eigenvalue weighted by atomic mass is 10.0. The number of benzene rings is 1. The summed E-state index contributed by atoms with van der Waals surface area (Å²) in [5.74, 6) is 1.00. The van der Waals surface area contributed by atoms with Crippen molar-refractivity contribution in [1.82, 2.24) is 4.90 Å². The Morgan fingerprint density at radius 3 is 2.67 bits per heavy atom. The highest BCUT2D eigenvalue weighted by Gasteiger charge is 2.35. The van der Waals surface area contributed by atoms with Crippen molar-refractivity contribution in [2.75, 3.05) is 36.0 Å². The van der Waals surface area contributed by atoms with Gasteiger partial charge in [-0.15, -0.1) is 0 Å². The summed E-state index contributed by atoms with van der Waals surface area (Å²) in [7, 11) is -0.741. The number of nitrogens with zero attached hydrogens (tertiary/aromatic N) is 2. The first-order valence-electron chi connectivity index (χ1n) is 7.31. The zero-order valence-corrected chi connectivity index (χ0v) is 12.7. The average molecular weight is 310 g/mol. The summed E-state index contributed by atoms with van der Waals surface area (Å²) in [4.78, 5) is 16.5. The smallest absolute Gasteiger partial charge is 0.244 e. The Kier molecular flexibility index (Phi) is 4.35. The van der Waals surface area contributed by atoms with E-state index in [1.165, 1.54) is 12.1 Å². The highest BCUT2D eigenvalue weighted by atomic mass is 32.2. The maximum absolute atomic E-state index is 13.4. The molecule has 0 radical (unpaired) electrons. The molecule has 4 nitrogen and oxygen atoms in total. The number of piperidine rings is 1. The van der Waals surface area contributed by atoms with Crippen LogP contribution in [0.15, 0.2) is 24.3 Å². The summed E-state index contributed by atoms with van der Waals surface area (Å²) in [6, 6.07) is 6.04. The zero-order valence-electron chi connectivity index (χ0n) is 11.8. The monoisotopic (exact) mass is 310 g/mol. The van der Waals surface area contributed by atoms with E-state index < -0.39 is 10.8 Å². The molecule has 1 aromatic rings. The molecule has 0 bridgehead atoms. The van der Waals surface area contributed by atoms with E-state index in [2.05, 4.69) is 4.90 Å². The largest absolute Gasteiger partial charge is 0.311 e. The van der Waals surface area contributed by atoms with Crippen molar-refractivity contribution in [3.05, 3.63) is 30.1 Å². The highest BCUT2D eigenvalue weighted by Crippen LogP contribution is 2.25. The summed E-state index contributed by atoms with van der Waals surface area (Å²) in [5.41, 5.74) is 0.630. The maximum Gasteiger partial charge on any atom is 0.244 e. The van der Waals surface area contributed by atoms with Gasteiger partial charge in [-0.3, -0.25) is 13.9 Å². The topological polar surface area (TPSA) is 40.6 Å². The molecule has 1 amide bonds. The van der Waals surface area contributed by atoms with Crippen molar-refractivity contribution < 1.29 is 13.4 Å². The van der Waals surface area contributed by atoms with Gasteiger partial charge in [0.1, 0.15) is 5.82 Å². The molecular weight excluding hydrogens is 291 g/mol. The fourth-order valence-electron chi connectivity index (χ4n) is 3.06. The van der Waals surface area contributed by atoms with Gasteiger partial charge in [-0.05, 0) is 31.0 Å². The fourth-order valence-corrected chi connectivity index (χ4v) is 4.14. The van der Waals surface area contributed by atoms with Crippen LogP contribution in [0.2, 0.25) is 0 Å². The van der Waals surface area contributed by atoms with Crippen LogP contribution in [-0.2, 0) is 15.6 Å². The minimum Gasteiger partial charge on any atom is -0.311 e. The lowest BCUT2D eigenvalue weighted by Crippen LogP contribution is -2.55. The lowest BCUT2D eigenvalue weighted by Gasteiger charge is -2.39. The summed E-state index contributed by atoms with van der Waals surface area (Å²) in [6.45, 7) is 2.05. The first-order valence-corrected chi connectivity index (χ1v) is 8.80. The number of anilines is 1. The molecule has 0 saturated carbocycles. The van der Waals surface area contributed by atoms with Gasteiger partial charge in [0.25, 0.3) is 0 Å². The predicted molar refractivity (Wildman–Crippen MR) is 81.2 cm³/mol. The summed E-state index contributed by atoms with van der Waals surface area (Å²) >= 11 is 0. The van der Waals surface area contributed by atoms with E-state index in [1.54, 1.807) is 17.0 Å². The Morgan fingerprint density at radius 2 is 1.95 bits per heavy atom. The van der Waals surface area contributed by atoms with E-state index in [9.17, 15) is 13.4 Å². The van der Waals surface area contributed by atoms with E-state index in [0.29, 0.717) is 36.8 Å². The van der Waals surface area contributed by atoms with Crippen LogP contribution in [0.25, 0.3) is 0 Å².